The first-order chi connectivity index (χ1) is 19.2. The van der Waals surface area contributed by atoms with Gasteiger partial charge in [-0.2, -0.15) is 0 Å². The second-order valence-corrected chi connectivity index (χ2v) is 11.4. The number of nitrogens with zero attached hydrogens (tertiary/aromatic N) is 2. The maximum absolute atomic E-state index is 14.0. The molecule has 0 fully saturated rings. The highest BCUT2D eigenvalue weighted by Gasteiger charge is 2.33. The van der Waals surface area contributed by atoms with Gasteiger partial charge in [0, 0.05) is 25.6 Å². The molecular weight excluding hydrogens is 537 g/mol. The van der Waals surface area contributed by atoms with E-state index in [0.29, 0.717) is 30.0 Å². The van der Waals surface area contributed by atoms with Gasteiger partial charge in [0.15, 0.2) is 11.5 Å². The molecule has 9 nitrogen and oxygen atoms in total. The number of carbonyl (C=O) groups excluding carboxylic acids is 2. The van der Waals surface area contributed by atoms with Crippen molar-refractivity contribution in [2.45, 2.75) is 32.4 Å². The lowest BCUT2D eigenvalue weighted by atomic mass is 10.0. The predicted octanol–water partition coefficient (Wildman–Crippen LogP) is 3.49. The summed E-state index contributed by atoms with van der Waals surface area (Å²) in [5.74, 6) is -0.566. The van der Waals surface area contributed by atoms with Gasteiger partial charge in [-0.1, -0.05) is 49.4 Å². The van der Waals surface area contributed by atoms with E-state index in [-0.39, 0.29) is 31.4 Å². The van der Waals surface area contributed by atoms with Gasteiger partial charge in [-0.15, -0.1) is 0 Å². The fraction of sp³-hybridized carbons (Fsp3) is 0.310. The minimum absolute atomic E-state index is 0.01000. The normalized spacial score (nSPS) is 13.0. The van der Waals surface area contributed by atoms with Gasteiger partial charge in [0.25, 0.3) is 0 Å². The van der Waals surface area contributed by atoms with Crippen LogP contribution in [-0.2, 0) is 32.6 Å². The molecule has 212 valence electrons. The number of rotatable bonds is 12. The fourth-order valence-electron chi connectivity index (χ4n) is 4.36. The number of hydrogen-bond acceptors (Lipinski definition) is 6. The van der Waals surface area contributed by atoms with Gasteiger partial charge in [-0.25, -0.2) is 12.8 Å². The summed E-state index contributed by atoms with van der Waals surface area (Å²) < 4.78 is 51.1. The fourth-order valence-corrected chi connectivity index (χ4v) is 5.20. The van der Waals surface area contributed by atoms with E-state index in [9.17, 15) is 22.4 Å². The van der Waals surface area contributed by atoms with Gasteiger partial charge < -0.3 is 19.7 Å². The Bertz CT molecular complexity index is 1430. The van der Waals surface area contributed by atoms with Crippen LogP contribution in [-0.4, -0.2) is 57.3 Å². The molecule has 1 aliphatic heterocycles. The second-order valence-electron chi connectivity index (χ2n) is 9.45. The Morgan fingerprint density at radius 1 is 0.975 bits per heavy atom. The van der Waals surface area contributed by atoms with E-state index in [1.165, 1.54) is 41.3 Å². The zero-order chi connectivity index (χ0) is 28.7. The highest BCUT2D eigenvalue weighted by molar-refractivity contribution is 7.92. The first-order valence-electron chi connectivity index (χ1n) is 12.9. The standard InChI is InChI=1S/C29H32FN3O6S/c1-3-15-31-29(35)25(16-21-7-5-4-6-8-21)32(18-22-9-11-23(30)12-10-22)28(34)19-33(40(2,36)37)24-13-14-26-27(17-24)39-20-38-26/h4-14,17,25H,3,15-16,18-20H2,1-2H3,(H,31,35). The molecule has 0 saturated carbocycles. The van der Waals surface area contributed by atoms with Crippen LogP contribution in [0, 0.1) is 5.82 Å². The molecule has 0 spiro atoms. The Kier molecular flexibility index (Phi) is 9.26. The number of halogens is 1. The van der Waals surface area contributed by atoms with Crippen molar-refractivity contribution in [2.24, 2.45) is 0 Å². The SMILES string of the molecule is CCCNC(=O)C(Cc1ccccc1)N(Cc1ccc(F)cc1)C(=O)CN(c1ccc2c(c1)OCO2)S(C)(=O)=O. The first kappa shape index (κ1) is 28.9. The molecule has 2 amide bonds. The van der Waals surface area contributed by atoms with Crippen LogP contribution in [0.15, 0.2) is 72.8 Å². The number of amides is 2. The van der Waals surface area contributed by atoms with Crippen LogP contribution in [0.2, 0.25) is 0 Å². The van der Waals surface area contributed by atoms with Crippen LogP contribution < -0.4 is 19.1 Å². The number of sulfonamides is 1. The van der Waals surface area contributed by atoms with Gasteiger partial charge in [0.1, 0.15) is 18.4 Å². The average Bonchev–Trinajstić information content (AvgIpc) is 3.41. The third-order valence-corrected chi connectivity index (χ3v) is 7.55. The van der Waals surface area contributed by atoms with Crippen molar-refractivity contribution in [3.63, 3.8) is 0 Å². The van der Waals surface area contributed by atoms with E-state index in [0.717, 1.165) is 16.1 Å². The Labute approximate surface area is 233 Å². The largest absolute Gasteiger partial charge is 0.454 e. The molecule has 1 heterocycles. The van der Waals surface area contributed by atoms with Crippen LogP contribution in [0.3, 0.4) is 0 Å². The van der Waals surface area contributed by atoms with E-state index in [1.54, 1.807) is 6.07 Å². The Morgan fingerprint density at radius 3 is 2.35 bits per heavy atom. The topological polar surface area (TPSA) is 105 Å². The van der Waals surface area contributed by atoms with Crippen molar-refractivity contribution < 1.29 is 31.9 Å². The third kappa shape index (κ3) is 7.29. The minimum Gasteiger partial charge on any atom is -0.454 e. The van der Waals surface area contributed by atoms with Crippen LogP contribution in [0.5, 0.6) is 11.5 Å². The monoisotopic (exact) mass is 569 g/mol. The minimum atomic E-state index is -3.92. The summed E-state index contributed by atoms with van der Waals surface area (Å²) in [6.45, 7) is 1.75. The van der Waals surface area contributed by atoms with E-state index >= 15 is 0 Å². The molecule has 0 aromatic heterocycles. The molecule has 0 bridgehead atoms. The summed E-state index contributed by atoms with van der Waals surface area (Å²) in [6, 6.07) is 18.5. The van der Waals surface area contributed by atoms with Crippen LogP contribution in [0.1, 0.15) is 24.5 Å². The average molecular weight is 570 g/mol. The maximum atomic E-state index is 14.0. The maximum Gasteiger partial charge on any atom is 0.244 e. The van der Waals surface area contributed by atoms with Crippen molar-refractivity contribution in [2.75, 3.05) is 30.4 Å². The second kappa shape index (κ2) is 12.8. The Morgan fingerprint density at radius 2 is 1.68 bits per heavy atom. The number of benzene rings is 3. The third-order valence-electron chi connectivity index (χ3n) is 6.41. The van der Waals surface area contributed by atoms with Crippen LogP contribution in [0.4, 0.5) is 10.1 Å². The molecule has 3 aromatic carbocycles. The van der Waals surface area contributed by atoms with Gasteiger partial charge >= 0.3 is 0 Å². The molecule has 1 aliphatic rings. The summed E-state index contributed by atoms with van der Waals surface area (Å²) in [7, 11) is -3.92. The highest BCUT2D eigenvalue weighted by Crippen LogP contribution is 2.36. The summed E-state index contributed by atoms with van der Waals surface area (Å²) in [5.41, 5.74) is 1.63. The van der Waals surface area contributed by atoms with Gasteiger partial charge in [0.05, 0.1) is 11.9 Å². The van der Waals surface area contributed by atoms with Crippen LogP contribution >= 0.6 is 0 Å². The number of hydrogen-bond donors (Lipinski definition) is 1. The molecule has 3 aromatic rings. The van der Waals surface area contributed by atoms with Crippen molar-refractivity contribution in [1.82, 2.24) is 10.2 Å². The molecule has 1 N–H and O–H groups in total. The molecule has 1 unspecified atom stereocenters. The number of anilines is 1. The quantitative estimate of drug-likeness (QED) is 0.358. The summed E-state index contributed by atoms with van der Waals surface area (Å²) in [6.07, 6.45) is 1.90. The van der Waals surface area contributed by atoms with Crippen molar-refractivity contribution in [3.05, 3.63) is 89.7 Å². The summed E-state index contributed by atoms with van der Waals surface area (Å²) >= 11 is 0. The molecule has 1 atom stereocenters. The predicted molar refractivity (Wildman–Crippen MR) is 149 cm³/mol. The van der Waals surface area contributed by atoms with E-state index in [1.807, 2.05) is 37.3 Å². The lowest BCUT2D eigenvalue weighted by Gasteiger charge is -2.33. The number of ether oxygens (including phenoxy) is 2. The van der Waals surface area contributed by atoms with Crippen LogP contribution in [0.25, 0.3) is 0 Å². The van der Waals surface area contributed by atoms with Crippen molar-refractivity contribution in [1.29, 1.82) is 0 Å². The molecule has 4 rings (SSSR count). The Balaban J connectivity index is 1.71. The molecule has 0 radical (unpaired) electrons. The molecule has 0 aliphatic carbocycles. The molecule has 11 heteroatoms. The zero-order valence-corrected chi connectivity index (χ0v) is 23.2. The number of fused-ring (bicyclic) bond motifs is 1. The Hall–Kier alpha value is -4.12. The molecule has 40 heavy (non-hydrogen) atoms. The van der Waals surface area contributed by atoms with Gasteiger partial charge in [-0.3, -0.25) is 13.9 Å². The number of nitrogens with one attached hydrogen (secondary N) is 1. The summed E-state index contributed by atoms with van der Waals surface area (Å²) in [4.78, 5) is 28.8. The first-order valence-corrected chi connectivity index (χ1v) is 14.7. The lowest BCUT2D eigenvalue weighted by molar-refractivity contribution is -0.140. The van der Waals surface area contributed by atoms with Gasteiger partial charge in [0.2, 0.25) is 28.6 Å². The zero-order valence-electron chi connectivity index (χ0n) is 22.4. The van der Waals surface area contributed by atoms with Gasteiger partial charge in [-0.05, 0) is 41.8 Å². The molecule has 0 saturated heterocycles. The van der Waals surface area contributed by atoms with E-state index < -0.39 is 34.3 Å². The summed E-state index contributed by atoms with van der Waals surface area (Å²) in [5, 5.41) is 2.87. The van der Waals surface area contributed by atoms with E-state index in [4.69, 9.17) is 9.47 Å². The highest BCUT2D eigenvalue weighted by atomic mass is 32.2. The van der Waals surface area contributed by atoms with Crippen molar-refractivity contribution >= 4 is 27.5 Å². The lowest BCUT2D eigenvalue weighted by Crippen LogP contribution is -2.53. The molecular formula is C29H32FN3O6S. The van der Waals surface area contributed by atoms with E-state index in [2.05, 4.69) is 5.32 Å². The van der Waals surface area contributed by atoms with Crippen molar-refractivity contribution in [3.8, 4) is 11.5 Å². The number of carbonyl (C=O) groups is 2. The smallest absolute Gasteiger partial charge is 0.244 e.